The second-order valence-corrected chi connectivity index (χ2v) is 2.87. The van der Waals surface area contributed by atoms with E-state index in [1.54, 1.807) is 24.3 Å². The summed E-state index contributed by atoms with van der Waals surface area (Å²) in [6.07, 6.45) is -2.58. The van der Waals surface area contributed by atoms with Crippen LogP contribution in [0.25, 0.3) is 10.8 Å². The van der Waals surface area contributed by atoms with Crippen molar-refractivity contribution in [3.8, 4) is 0 Å². The first-order chi connectivity index (χ1) is 8.25. The van der Waals surface area contributed by atoms with Crippen LogP contribution in [-0.4, -0.2) is 10.2 Å². The lowest BCUT2D eigenvalue weighted by molar-refractivity contribution is 0.940. The smallest absolute Gasteiger partial charge is 0.154 e. The van der Waals surface area contributed by atoms with E-state index < -0.39 is 13.2 Å². The summed E-state index contributed by atoms with van der Waals surface area (Å²) in [5, 5.41) is 8.20. The highest BCUT2D eigenvalue weighted by Crippen LogP contribution is 2.22. The highest BCUT2D eigenvalue weighted by atomic mass is 35.5. The Kier molecular flexibility index (Phi) is 1.11. The molecule has 3 heteroatoms. The number of benzene rings is 1. The Morgan fingerprint density at radius 1 is 1.38 bits per heavy atom. The van der Waals surface area contributed by atoms with Crippen LogP contribution in [0.4, 0.5) is 0 Å². The minimum absolute atomic E-state index is 0.121. The Hall–Kier alpha value is -1.15. The number of aromatic nitrogens is 2. The second-order valence-electron chi connectivity index (χ2n) is 2.51. The SMILES string of the molecule is [2H]C([2H])([2H])C([2H])([2H])c1nnc(Cl)c2ccccc12. The average molecular weight is 198 g/mol. The zero-order chi connectivity index (χ0) is 13.6. The monoisotopic (exact) mass is 197 g/mol. The maximum Gasteiger partial charge on any atom is 0.159 e. The Morgan fingerprint density at radius 2 is 2.15 bits per heavy atom. The van der Waals surface area contributed by atoms with Gasteiger partial charge in [0.25, 0.3) is 0 Å². The minimum Gasteiger partial charge on any atom is -0.154 e. The molecule has 0 unspecified atom stereocenters. The van der Waals surface area contributed by atoms with Crippen molar-refractivity contribution < 1.29 is 6.85 Å². The van der Waals surface area contributed by atoms with Gasteiger partial charge in [-0.25, -0.2) is 0 Å². The number of hydrogen-bond donors (Lipinski definition) is 0. The van der Waals surface area contributed by atoms with Crippen molar-refractivity contribution in [1.82, 2.24) is 10.2 Å². The van der Waals surface area contributed by atoms with Crippen molar-refractivity contribution in [2.75, 3.05) is 0 Å². The van der Waals surface area contributed by atoms with E-state index >= 15 is 0 Å². The topological polar surface area (TPSA) is 25.8 Å². The molecule has 0 radical (unpaired) electrons. The maximum atomic E-state index is 7.73. The van der Waals surface area contributed by atoms with Crippen LogP contribution >= 0.6 is 11.6 Å². The predicted octanol–water partition coefficient (Wildman–Crippen LogP) is 2.85. The fourth-order valence-corrected chi connectivity index (χ4v) is 1.37. The molecule has 1 aromatic heterocycles. The fourth-order valence-electron chi connectivity index (χ4n) is 1.16. The Morgan fingerprint density at radius 3 is 2.92 bits per heavy atom. The van der Waals surface area contributed by atoms with Crippen molar-refractivity contribution >= 4 is 22.4 Å². The maximum absolute atomic E-state index is 7.73. The van der Waals surface area contributed by atoms with Gasteiger partial charge in [0.05, 0.1) is 5.69 Å². The summed E-state index contributed by atoms with van der Waals surface area (Å²) in [6, 6.07) is 6.60. The lowest BCUT2D eigenvalue weighted by Crippen LogP contribution is -1.93. The quantitative estimate of drug-likeness (QED) is 0.703. The normalized spacial score (nSPS) is 18.4. The molecule has 0 bridgehead atoms. The van der Waals surface area contributed by atoms with Crippen molar-refractivity contribution in [2.45, 2.75) is 13.2 Å². The molecular formula is C10H9ClN2. The average Bonchev–Trinajstić information content (AvgIpc) is 2.28. The number of hydrogen-bond acceptors (Lipinski definition) is 2. The highest BCUT2D eigenvalue weighted by Gasteiger charge is 2.04. The molecular weight excluding hydrogens is 184 g/mol. The van der Waals surface area contributed by atoms with Crippen LogP contribution in [0.15, 0.2) is 24.3 Å². The van der Waals surface area contributed by atoms with Crippen molar-refractivity contribution in [3.05, 3.63) is 35.1 Å². The molecule has 1 heterocycles. The van der Waals surface area contributed by atoms with E-state index in [0.717, 1.165) is 0 Å². The van der Waals surface area contributed by atoms with E-state index in [2.05, 4.69) is 10.2 Å². The van der Waals surface area contributed by atoms with Gasteiger partial charge in [-0.15, -0.1) is 5.10 Å². The van der Waals surface area contributed by atoms with Gasteiger partial charge in [0.2, 0.25) is 0 Å². The lowest BCUT2D eigenvalue weighted by Gasteiger charge is -2.02. The van der Waals surface area contributed by atoms with Gasteiger partial charge in [0.1, 0.15) is 0 Å². The fraction of sp³-hybridized carbons (Fsp3) is 0.200. The van der Waals surface area contributed by atoms with Gasteiger partial charge >= 0.3 is 0 Å². The zero-order valence-electron chi connectivity index (χ0n) is 11.6. The lowest BCUT2D eigenvalue weighted by atomic mass is 10.1. The Bertz CT molecular complexity index is 596. The molecule has 2 rings (SSSR count). The molecule has 0 fully saturated rings. The summed E-state index contributed by atoms with van der Waals surface area (Å²) in [7, 11) is 0. The van der Waals surface area contributed by atoms with Gasteiger partial charge in [0, 0.05) is 17.6 Å². The number of rotatable bonds is 1. The van der Waals surface area contributed by atoms with Gasteiger partial charge in [0.15, 0.2) is 5.15 Å². The molecule has 0 saturated heterocycles. The van der Waals surface area contributed by atoms with Crippen LogP contribution in [0, 0.1) is 0 Å². The van der Waals surface area contributed by atoms with Crippen LogP contribution in [0.1, 0.15) is 19.4 Å². The summed E-state index contributed by atoms with van der Waals surface area (Å²) in [4.78, 5) is 0. The minimum atomic E-state index is -2.82. The second kappa shape index (κ2) is 3.30. The third-order valence-corrected chi connectivity index (χ3v) is 2.04. The van der Waals surface area contributed by atoms with E-state index in [0.29, 0.717) is 10.8 Å². The van der Waals surface area contributed by atoms with Crippen LogP contribution in [-0.2, 0) is 6.37 Å². The zero-order valence-corrected chi connectivity index (χ0v) is 7.34. The van der Waals surface area contributed by atoms with Crippen molar-refractivity contribution in [3.63, 3.8) is 0 Å². The molecule has 0 atom stereocenters. The first-order valence-corrected chi connectivity index (χ1v) is 4.04. The summed E-state index contributed by atoms with van der Waals surface area (Å²) in [6.45, 7) is -2.82. The Balaban J connectivity index is 2.78. The van der Waals surface area contributed by atoms with Crippen molar-refractivity contribution in [2.24, 2.45) is 0 Å². The Labute approximate surface area is 88.6 Å². The van der Waals surface area contributed by atoms with Gasteiger partial charge in [-0.05, 0) is 6.37 Å². The van der Waals surface area contributed by atoms with Crippen LogP contribution in [0.3, 0.4) is 0 Å². The summed E-state index contributed by atoms with van der Waals surface area (Å²) >= 11 is 5.86. The molecule has 0 amide bonds. The molecule has 0 saturated carbocycles. The molecule has 66 valence electrons. The van der Waals surface area contributed by atoms with Crippen LogP contribution in [0.5, 0.6) is 0 Å². The van der Waals surface area contributed by atoms with E-state index in [1.807, 2.05) is 0 Å². The number of aryl methyl sites for hydroxylation is 1. The van der Waals surface area contributed by atoms with E-state index in [9.17, 15) is 0 Å². The molecule has 0 aliphatic rings. The first-order valence-electron chi connectivity index (χ1n) is 6.16. The summed E-state index contributed by atoms with van der Waals surface area (Å²) < 4.78 is 37.2. The summed E-state index contributed by atoms with van der Waals surface area (Å²) in [5.41, 5.74) is -0.220. The molecule has 13 heavy (non-hydrogen) atoms. The van der Waals surface area contributed by atoms with Gasteiger partial charge < -0.3 is 0 Å². The number of nitrogens with zero attached hydrogens (tertiary/aromatic N) is 2. The predicted molar refractivity (Wildman–Crippen MR) is 53.9 cm³/mol. The number of fused-ring (bicyclic) bond motifs is 1. The first kappa shape index (κ1) is 4.38. The van der Waals surface area contributed by atoms with E-state index in [4.69, 9.17) is 18.5 Å². The molecule has 0 spiro atoms. The largest absolute Gasteiger partial charge is 0.159 e. The van der Waals surface area contributed by atoms with Gasteiger partial charge in [-0.2, -0.15) is 5.10 Å². The third-order valence-electron chi connectivity index (χ3n) is 1.76. The van der Waals surface area contributed by atoms with Crippen LogP contribution < -0.4 is 0 Å². The number of halogens is 1. The van der Waals surface area contributed by atoms with Crippen molar-refractivity contribution in [1.29, 1.82) is 0 Å². The molecule has 2 nitrogen and oxygen atoms in total. The molecule has 0 N–H and O–H groups in total. The standard InChI is InChI=1S/C10H9ClN2/c1-2-9-7-5-3-4-6-8(7)10(11)13-12-9/h3-6H,2H2,1H3/i1D3,2D2. The molecule has 1 aromatic carbocycles. The van der Waals surface area contributed by atoms with Crippen LogP contribution in [0.2, 0.25) is 5.15 Å². The molecule has 2 aromatic rings. The van der Waals surface area contributed by atoms with Gasteiger partial charge in [-0.1, -0.05) is 42.7 Å². The highest BCUT2D eigenvalue weighted by molar-refractivity contribution is 6.34. The summed E-state index contributed by atoms with van der Waals surface area (Å²) in [5.74, 6) is 0. The molecule has 0 aliphatic heterocycles. The van der Waals surface area contributed by atoms with E-state index in [1.165, 1.54) is 0 Å². The molecule has 0 aliphatic carbocycles. The third kappa shape index (κ3) is 1.38. The van der Waals surface area contributed by atoms with Gasteiger partial charge in [-0.3, -0.25) is 0 Å². The van der Waals surface area contributed by atoms with E-state index in [-0.39, 0.29) is 10.8 Å².